The summed E-state index contributed by atoms with van der Waals surface area (Å²) in [5.41, 5.74) is -1.87. The van der Waals surface area contributed by atoms with Crippen molar-refractivity contribution in [1.82, 2.24) is 0 Å². The molecule has 0 aromatic carbocycles. The van der Waals surface area contributed by atoms with Crippen molar-refractivity contribution in [3.05, 3.63) is 11.6 Å². The molecule has 3 saturated carbocycles. The molecule has 176 valence electrons. The third-order valence-electron chi connectivity index (χ3n) is 9.32. The molecule has 4 rings (SSSR count). The lowest BCUT2D eigenvalue weighted by atomic mass is 9.45. The van der Waals surface area contributed by atoms with E-state index < -0.39 is 34.8 Å². The highest BCUT2D eigenvalue weighted by atomic mass is 16.6. The maximum atomic E-state index is 13.1. The number of fused-ring (bicyclic) bond motifs is 5. The highest BCUT2D eigenvalue weighted by molar-refractivity contribution is 6.36. The number of carbonyl (C=O) groups is 4. The number of esters is 1. The summed E-state index contributed by atoms with van der Waals surface area (Å²) in [6.07, 6.45) is 5.30. The van der Waals surface area contributed by atoms with Gasteiger partial charge in [-0.3, -0.25) is 14.4 Å². The van der Waals surface area contributed by atoms with Crippen molar-refractivity contribution in [3.8, 4) is 0 Å². The molecule has 2 N–H and O–H groups in total. The topological polar surface area (TPSA) is 118 Å². The van der Waals surface area contributed by atoms with Gasteiger partial charge in [-0.05, 0) is 74.2 Å². The van der Waals surface area contributed by atoms with Gasteiger partial charge in [-0.2, -0.15) is 0 Å². The maximum Gasteiger partial charge on any atom is 0.376 e. The molecule has 7 heteroatoms. The number of ether oxygens (including phenoxy) is 1. The van der Waals surface area contributed by atoms with E-state index in [-0.39, 0.29) is 48.2 Å². The number of hydrogen-bond donors (Lipinski definition) is 2. The Bertz CT molecular complexity index is 891. The lowest BCUT2D eigenvalue weighted by molar-refractivity contribution is -0.203. The first-order valence-corrected chi connectivity index (χ1v) is 11.9. The largest absolute Gasteiger partial charge is 0.475 e. The van der Waals surface area contributed by atoms with E-state index >= 15 is 0 Å². The van der Waals surface area contributed by atoms with E-state index in [2.05, 4.69) is 6.92 Å². The summed E-state index contributed by atoms with van der Waals surface area (Å²) in [5.74, 6) is -3.12. The number of allylic oxidation sites excluding steroid dienone is 1. The van der Waals surface area contributed by atoms with Crippen LogP contribution in [-0.2, 0) is 23.9 Å². The zero-order valence-corrected chi connectivity index (χ0v) is 19.2. The summed E-state index contributed by atoms with van der Waals surface area (Å²) < 4.78 is 5.77. The van der Waals surface area contributed by atoms with Crippen molar-refractivity contribution in [2.24, 2.45) is 28.6 Å². The van der Waals surface area contributed by atoms with Crippen LogP contribution in [-0.4, -0.2) is 45.4 Å². The lowest BCUT2D eigenvalue weighted by Crippen LogP contribution is -2.63. The fourth-order valence-electron chi connectivity index (χ4n) is 7.88. The summed E-state index contributed by atoms with van der Waals surface area (Å²) in [6, 6.07) is 0. The molecule has 7 atom stereocenters. The van der Waals surface area contributed by atoms with Crippen LogP contribution in [0, 0.1) is 28.6 Å². The number of aliphatic carboxylic acids is 1. The van der Waals surface area contributed by atoms with Crippen LogP contribution in [0.2, 0.25) is 0 Å². The Kier molecular flexibility index (Phi) is 5.63. The number of aliphatic hydroxyl groups excluding tert-OH is 1. The van der Waals surface area contributed by atoms with E-state index in [0.717, 1.165) is 18.4 Å². The SMILES string of the molecule is CCCC(=O)O[C@]1(C(=O)C(=O)O)CC[C@H]2[C@@H]3CCC4=CC(=O)CC[C@]4(C)[C@H]3C(O)C[C@@]21C. The normalized spacial score (nSPS) is 42.9. The van der Waals surface area contributed by atoms with Gasteiger partial charge in [0.15, 0.2) is 11.4 Å². The fourth-order valence-corrected chi connectivity index (χ4v) is 7.88. The number of carbonyl (C=O) groups excluding carboxylic acids is 3. The van der Waals surface area contributed by atoms with E-state index in [4.69, 9.17) is 4.74 Å². The zero-order valence-electron chi connectivity index (χ0n) is 19.2. The van der Waals surface area contributed by atoms with Crippen LogP contribution in [0.15, 0.2) is 11.6 Å². The van der Waals surface area contributed by atoms with Gasteiger partial charge in [0.1, 0.15) is 0 Å². The molecule has 32 heavy (non-hydrogen) atoms. The van der Waals surface area contributed by atoms with Gasteiger partial charge in [-0.25, -0.2) is 4.79 Å². The minimum Gasteiger partial charge on any atom is -0.475 e. The monoisotopic (exact) mass is 446 g/mol. The minimum absolute atomic E-state index is 0.0374. The second-order valence-electron chi connectivity index (χ2n) is 10.8. The molecule has 0 amide bonds. The van der Waals surface area contributed by atoms with Crippen molar-refractivity contribution in [1.29, 1.82) is 0 Å². The second kappa shape index (κ2) is 7.79. The smallest absolute Gasteiger partial charge is 0.376 e. The van der Waals surface area contributed by atoms with E-state index in [1.807, 2.05) is 13.8 Å². The van der Waals surface area contributed by atoms with Gasteiger partial charge in [0.2, 0.25) is 0 Å². The van der Waals surface area contributed by atoms with Crippen molar-refractivity contribution < 1.29 is 34.1 Å². The van der Waals surface area contributed by atoms with E-state index in [0.29, 0.717) is 25.7 Å². The molecule has 3 fully saturated rings. The Hall–Kier alpha value is -2.02. The van der Waals surface area contributed by atoms with Gasteiger partial charge in [0.25, 0.3) is 5.78 Å². The second-order valence-corrected chi connectivity index (χ2v) is 10.8. The standard InChI is InChI=1S/C25H34O7/c1-4-5-19(28)32-25(21(29)22(30)31)11-9-17-16-7-6-14-12-15(26)8-10-23(14,2)20(16)18(27)13-24(17,25)3/h12,16-18,20,27H,4-11,13H2,1-3H3,(H,30,31)/t16-,17-,18?,20+,23-,24-,25-/m0/s1. The molecular formula is C25H34O7. The van der Waals surface area contributed by atoms with Crippen LogP contribution >= 0.6 is 0 Å². The van der Waals surface area contributed by atoms with Crippen molar-refractivity contribution in [3.63, 3.8) is 0 Å². The first-order chi connectivity index (χ1) is 15.0. The zero-order chi connectivity index (χ0) is 23.5. The van der Waals surface area contributed by atoms with Crippen LogP contribution in [0.1, 0.15) is 78.6 Å². The minimum atomic E-state index is -1.75. The molecule has 0 spiro atoms. The Morgan fingerprint density at radius 3 is 2.53 bits per heavy atom. The molecule has 4 aliphatic rings. The lowest BCUT2D eigenvalue weighted by Gasteiger charge is -2.60. The first kappa shape index (κ1) is 23.1. The molecule has 0 aromatic rings. The Labute approximate surface area is 188 Å². The summed E-state index contributed by atoms with van der Waals surface area (Å²) in [7, 11) is 0. The quantitative estimate of drug-likeness (QED) is 0.492. The van der Waals surface area contributed by atoms with Gasteiger partial charge in [-0.15, -0.1) is 0 Å². The van der Waals surface area contributed by atoms with Crippen LogP contribution < -0.4 is 0 Å². The van der Waals surface area contributed by atoms with Gasteiger partial charge in [0.05, 0.1) is 6.10 Å². The molecule has 0 aromatic heterocycles. The van der Waals surface area contributed by atoms with Crippen molar-refractivity contribution in [2.75, 3.05) is 0 Å². The van der Waals surface area contributed by atoms with E-state index in [1.54, 1.807) is 6.08 Å². The Balaban J connectivity index is 1.75. The van der Waals surface area contributed by atoms with Crippen LogP contribution in [0.25, 0.3) is 0 Å². The van der Waals surface area contributed by atoms with Gasteiger partial charge in [-0.1, -0.05) is 26.3 Å². The van der Waals surface area contributed by atoms with Gasteiger partial charge < -0.3 is 14.9 Å². The molecule has 0 saturated heterocycles. The number of ketones is 2. The van der Waals surface area contributed by atoms with Crippen LogP contribution in [0.3, 0.4) is 0 Å². The average Bonchev–Trinajstić information content (AvgIpc) is 3.00. The molecule has 0 radical (unpaired) electrons. The van der Waals surface area contributed by atoms with Crippen molar-refractivity contribution >= 4 is 23.5 Å². The molecule has 0 heterocycles. The Morgan fingerprint density at radius 1 is 1.16 bits per heavy atom. The number of Topliss-reactive ketones (excluding diaryl/α,β-unsaturated/α-hetero) is 1. The summed E-state index contributed by atoms with van der Waals surface area (Å²) in [4.78, 5) is 49.4. The van der Waals surface area contributed by atoms with Crippen LogP contribution in [0.5, 0.6) is 0 Å². The predicted molar refractivity (Wildman–Crippen MR) is 114 cm³/mol. The number of rotatable bonds is 5. The Morgan fingerprint density at radius 2 is 1.88 bits per heavy atom. The van der Waals surface area contributed by atoms with Crippen molar-refractivity contribution in [2.45, 2.75) is 90.3 Å². The van der Waals surface area contributed by atoms with E-state index in [9.17, 15) is 29.4 Å². The summed E-state index contributed by atoms with van der Waals surface area (Å²) >= 11 is 0. The molecule has 0 aliphatic heterocycles. The number of carboxylic acids is 1. The third-order valence-corrected chi connectivity index (χ3v) is 9.32. The molecule has 1 unspecified atom stereocenters. The molecular weight excluding hydrogens is 412 g/mol. The van der Waals surface area contributed by atoms with Crippen LogP contribution in [0.4, 0.5) is 0 Å². The fraction of sp³-hybridized carbons (Fsp3) is 0.760. The molecule has 0 bridgehead atoms. The molecule has 4 aliphatic carbocycles. The summed E-state index contributed by atoms with van der Waals surface area (Å²) in [6.45, 7) is 5.80. The number of hydrogen-bond acceptors (Lipinski definition) is 6. The predicted octanol–water partition coefficient (Wildman–Crippen LogP) is 3.22. The van der Waals surface area contributed by atoms with Gasteiger partial charge >= 0.3 is 11.9 Å². The summed E-state index contributed by atoms with van der Waals surface area (Å²) in [5, 5.41) is 21.1. The first-order valence-electron chi connectivity index (χ1n) is 11.9. The molecule has 7 nitrogen and oxygen atoms in total. The highest BCUT2D eigenvalue weighted by Gasteiger charge is 2.71. The average molecular weight is 447 g/mol. The number of carboxylic acid groups (broad SMARTS) is 1. The third kappa shape index (κ3) is 3.11. The highest BCUT2D eigenvalue weighted by Crippen LogP contribution is 2.68. The van der Waals surface area contributed by atoms with Gasteiger partial charge in [0, 0.05) is 18.3 Å². The number of aliphatic hydroxyl groups is 1. The maximum absolute atomic E-state index is 13.1. The van der Waals surface area contributed by atoms with E-state index in [1.165, 1.54) is 0 Å².